The summed E-state index contributed by atoms with van der Waals surface area (Å²) in [6, 6.07) is 7.37. The second kappa shape index (κ2) is 21.3. The maximum Gasteiger partial charge on any atom is 0.307 e. The van der Waals surface area contributed by atoms with E-state index in [1.54, 1.807) is 6.92 Å². The first-order valence-corrected chi connectivity index (χ1v) is 18.7. The molecule has 0 saturated carbocycles. The first-order chi connectivity index (χ1) is 24.4. The summed E-state index contributed by atoms with van der Waals surface area (Å²) in [5.41, 5.74) is 0.999. The molecule has 14 heteroatoms. The lowest BCUT2D eigenvalue weighted by atomic mass is 9.93. The molecule has 52 heavy (non-hydrogen) atoms. The van der Waals surface area contributed by atoms with E-state index in [1.165, 1.54) is 24.1 Å². The van der Waals surface area contributed by atoms with Crippen LogP contribution in [0, 0.1) is 23.7 Å². The number of amides is 3. The zero-order valence-electron chi connectivity index (χ0n) is 31.8. The fraction of sp³-hybridized carbons (Fsp3) is 0.605. The van der Waals surface area contributed by atoms with Crippen molar-refractivity contribution in [2.75, 3.05) is 6.73 Å². The molecule has 1 aromatic carbocycles. The van der Waals surface area contributed by atoms with Gasteiger partial charge in [0.2, 0.25) is 11.8 Å². The van der Waals surface area contributed by atoms with Crippen LogP contribution >= 0.6 is 11.3 Å². The van der Waals surface area contributed by atoms with Crippen LogP contribution in [-0.4, -0.2) is 75.5 Å². The Morgan fingerprint density at radius 3 is 2.13 bits per heavy atom. The SMILES string of the molecule is CC[C@H](C)[C@H](NC(C)=O)C(=O)N(COC(=O)CC(C)C)[C@H](C[C@@H](OC(C)=O)c1nc(C(=O)N[C@@H](Cc2ccccc2)C[C@H](C)C(=O)O)cs1)C(C)C. The van der Waals surface area contributed by atoms with Gasteiger partial charge in [0.05, 0.1) is 5.92 Å². The Hall–Kier alpha value is -4.33. The topological polar surface area (TPSA) is 181 Å². The highest BCUT2D eigenvalue weighted by Crippen LogP contribution is 2.32. The molecule has 0 saturated heterocycles. The van der Waals surface area contributed by atoms with Crippen molar-refractivity contribution in [1.29, 1.82) is 0 Å². The van der Waals surface area contributed by atoms with Crippen molar-refractivity contribution >= 4 is 47.0 Å². The van der Waals surface area contributed by atoms with Gasteiger partial charge < -0.3 is 30.1 Å². The van der Waals surface area contributed by atoms with Gasteiger partial charge in [-0.25, -0.2) is 4.98 Å². The number of hydrogen-bond acceptors (Lipinski definition) is 10. The molecule has 3 amide bonds. The number of nitrogens with zero attached hydrogens (tertiary/aromatic N) is 2. The molecule has 2 rings (SSSR count). The van der Waals surface area contributed by atoms with Gasteiger partial charge in [-0.15, -0.1) is 11.3 Å². The molecule has 2 aromatic rings. The highest BCUT2D eigenvalue weighted by atomic mass is 32.1. The van der Waals surface area contributed by atoms with Gasteiger partial charge in [-0.3, -0.25) is 28.8 Å². The summed E-state index contributed by atoms with van der Waals surface area (Å²) in [6.07, 6.45) is 0.421. The van der Waals surface area contributed by atoms with E-state index in [4.69, 9.17) is 9.47 Å². The van der Waals surface area contributed by atoms with Crippen LogP contribution in [0.3, 0.4) is 0 Å². The Balaban J connectivity index is 2.46. The summed E-state index contributed by atoms with van der Waals surface area (Å²) in [7, 11) is 0. The van der Waals surface area contributed by atoms with Crippen LogP contribution in [0.15, 0.2) is 35.7 Å². The van der Waals surface area contributed by atoms with Crippen molar-refractivity contribution in [3.8, 4) is 0 Å². The third-order valence-corrected chi connectivity index (χ3v) is 9.68. The molecular weight excluding hydrogens is 689 g/mol. The third-order valence-electron chi connectivity index (χ3n) is 8.74. The molecule has 3 N–H and O–H groups in total. The molecule has 288 valence electrons. The largest absolute Gasteiger partial charge is 0.481 e. The summed E-state index contributed by atoms with van der Waals surface area (Å²) < 4.78 is 11.4. The Kier molecular flexibility index (Phi) is 17.9. The summed E-state index contributed by atoms with van der Waals surface area (Å²) in [4.78, 5) is 82.6. The molecule has 0 aliphatic heterocycles. The molecule has 6 atom stereocenters. The van der Waals surface area contributed by atoms with Crippen LogP contribution in [0.4, 0.5) is 0 Å². The van der Waals surface area contributed by atoms with Gasteiger partial charge in [0, 0.05) is 44.2 Å². The molecule has 0 bridgehead atoms. The number of rotatable bonds is 21. The minimum atomic E-state index is -0.979. The molecule has 0 aliphatic rings. The maximum absolute atomic E-state index is 14.3. The minimum absolute atomic E-state index is 0.0311. The molecule has 1 heterocycles. The maximum atomic E-state index is 14.3. The fourth-order valence-electron chi connectivity index (χ4n) is 5.73. The van der Waals surface area contributed by atoms with Crippen molar-refractivity contribution in [3.63, 3.8) is 0 Å². The van der Waals surface area contributed by atoms with Crippen LogP contribution in [0.1, 0.15) is 115 Å². The third kappa shape index (κ3) is 14.4. The van der Waals surface area contributed by atoms with Gasteiger partial charge in [-0.2, -0.15) is 0 Å². The van der Waals surface area contributed by atoms with Crippen molar-refractivity contribution in [3.05, 3.63) is 52.0 Å². The lowest BCUT2D eigenvalue weighted by molar-refractivity contribution is -0.160. The average Bonchev–Trinajstić information content (AvgIpc) is 3.56. The van der Waals surface area contributed by atoms with Crippen molar-refractivity contribution in [1.82, 2.24) is 20.5 Å². The normalized spacial score (nSPS) is 14.8. The standard InChI is InChI=1S/C38H56N4O9S/c1-10-24(6)34(39-26(8)43)37(47)42(21-50-33(45)16-22(2)3)31(23(4)5)19-32(51-27(9)44)36-41-30(20-52-36)35(46)40-29(17-25(7)38(48)49)18-28-14-12-11-13-15-28/h11-15,20,22-25,29,31-32,34H,10,16-19,21H2,1-9H3,(H,39,43)(H,40,46)(H,48,49)/t24-,25-,29+,31+,32+,34-/m0/s1. The van der Waals surface area contributed by atoms with Gasteiger partial charge in [0.1, 0.15) is 16.7 Å². The number of carbonyl (C=O) groups excluding carboxylic acids is 5. The second-order valence-electron chi connectivity index (χ2n) is 14.2. The van der Waals surface area contributed by atoms with E-state index in [9.17, 15) is 33.9 Å². The van der Waals surface area contributed by atoms with Gasteiger partial charge in [-0.05, 0) is 36.2 Å². The predicted octanol–water partition coefficient (Wildman–Crippen LogP) is 5.54. The van der Waals surface area contributed by atoms with E-state index in [0.717, 1.165) is 16.9 Å². The number of carboxylic acids is 1. The Bertz CT molecular complexity index is 1500. The monoisotopic (exact) mass is 744 g/mol. The lowest BCUT2D eigenvalue weighted by Crippen LogP contribution is -2.56. The molecule has 13 nitrogen and oxygen atoms in total. The number of aliphatic carboxylic acids is 1. The zero-order chi connectivity index (χ0) is 39.1. The number of hydrogen-bond donors (Lipinski definition) is 3. The number of aromatic nitrogens is 1. The first kappa shape index (κ1) is 43.8. The van der Waals surface area contributed by atoms with E-state index < -0.39 is 59.9 Å². The smallest absolute Gasteiger partial charge is 0.307 e. The quantitative estimate of drug-likeness (QED) is 0.108. The number of carboxylic acid groups (broad SMARTS) is 1. The predicted molar refractivity (Wildman–Crippen MR) is 197 cm³/mol. The molecular formula is C38H56N4O9S. The van der Waals surface area contributed by atoms with Gasteiger partial charge in [-0.1, -0.05) is 85.2 Å². The van der Waals surface area contributed by atoms with Crippen LogP contribution in [-0.2, 0) is 39.9 Å². The molecule has 1 aromatic heterocycles. The van der Waals surface area contributed by atoms with Gasteiger partial charge in [0.25, 0.3) is 5.91 Å². The van der Waals surface area contributed by atoms with Crippen molar-refractivity contribution in [2.24, 2.45) is 23.7 Å². The minimum Gasteiger partial charge on any atom is -0.481 e. The molecule has 0 spiro atoms. The van der Waals surface area contributed by atoms with Crippen LogP contribution < -0.4 is 10.6 Å². The number of nitrogens with one attached hydrogen (secondary N) is 2. The number of carbonyl (C=O) groups is 6. The summed E-state index contributed by atoms with van der Waals surface area (Å²) >= 11 is 1.11. The van der Waals surface area contributed by atoms with Crippen molar-refractivity contribution < 1.29 is 43.3 Å². The van der Waals surface area contributed by atoms with E-state index in [2.05, 4.69) is 15.6 Å². The molecule has 0 radical (unpaired) electrons. The fourth-order valence-corrected chi connectivity index (χ4v) is 6.57. The summed E-state index contributed by atoms with van der Waals surface area (Å²) in [5.74, 6) is -4.55. The Morgan fingerprint density at radius 2 is 1.60 bits per heavy atom. The van der Waals surface area contributed by atoms with Crippen molar-refractivity contribution in [2.45, 2.75) is 119 Å². The number of thiazole rings is 1. The molecule has 0 unspecified atom stereocenters. The van der Waals surface area contributed by atoms with E-state index >= 15 is 0 Å². The van der Waals surface area contributed by atoms with Gasteiger partial charge in [0.15, 0.2) is 12.8 Å². The Labute approximate surface area is 311 Å². The zero-order valence-corrected chi connectivity index (χ0v) is 32.7. The number of ether oxygens (including phenoxy) is 2. The van der Waals surface area contributed by atoms with Gasteiger partial charge >= 0.3 is 17.9 Å². The number of esters is 2. The van der Waals surface area contributed by atoms with E-state index in [-0.39, 0.29) is 55.3 Å². The van der Waals surface area contributed by atoms with Crippen LogP contribution in [0.5, 0.6) is 0 Å². The lowest BCUT2D eigenvalue weighted by Gasteiger charge is -2.38. The van der Waals surface area contributed by atoms with Crippen LogP contribution in [0.2, 0.25) is 0 Å². The average molecular weight is 745 g/mol. The summed E-state index contributed by atoms with van der Waals surface area (Å²) in [5, 5.41) is 17.1. The van der Waals surface area contributed by atoms with Crippen LogP contribution in [0.25, 0.3) is 0 Å². The first-order valence-electron chi connectivity index (χ1n) is 17.9. The van der Waals surface area contributed by atoms with E-state index in [0.29, 0.717) is 17.8 Å². The number of benzene rings is 1. The molecule has 0 fully saturated rings. The molecule has 0 aliphatic carbocycles. The second-order valence-corrected chi connectivity index (χ2v) is 15.1. The highest BCUT2D eigenvalue weighted by Gasteiger charge is 2.38. The highest BCUT2D eigenvalue weighted by molar-refractivity contribution is 7.09. The Morgan fingerprint density at radius 1 is 0.942 bits per heavy atom. The van der Waals surface area contributed by atoms with E-state index in [1.807, 2.05) is 71.9 Å². The summed E-state index contributed by atoms with van der Waals surface area (Å²) in [6.45, 7) is 15.1.